The third-order valence-electron chi connectivity index (χ3n) is 3.94. The standard InChI is InChI=1S/C17H20BrFN4O3/c1-3-5-8-23-14(20)13(15(24)21-17(23)26)22(4-2)16(25)11-9-10(18)6-7-12(11)19/h6-7,9H,3-5,8,20H2,1-2H3,(H,21,24,26). The van der Waals surface area contributed by atoms with Crippen LogP contribution in [0, 0.1) is 5.82 Å². The maximum Gasteiger partial charge on any atom is 0.330 e. The monoisotopic (exact) mass is 426 g/mol. The molecule has 1 amide bonds. The normalized spacial score (nSPS) is 10.8. The molecule has 0 aliphatic heterocycles. The summed E-state index contributed by atoms with van der Waals surface area (Å²) < 4.78 is 15.8. The van der Waals surface area contributed by atoms with Crippen molar-refractivity contribution >= 4 is 33.3 Å². The van der Waals surface area contributed by atoms with Crippen molar-refractivity contribution in [3.63, 3.8) is 0 Å². The predicted molar refractivity (Wildman–Crippen MR) is 102 cm³/mol. The van der Waals surface area contributed by atoms with Crippen LogP contribution in [0.5, 0.6) is 0 Å². The second kappa shape index (κ2) is 8.31. The highest BCUT2D eigenvalue weighted by Crippen LogP contribution is 2.22. The molecule has 3 N–H and O–H groups in total. The first-order chi connectivity index (χ1) is 12.3. The van der Waals surface area contributed by atoms with E-state index in [4.69, 9.17) is 5.73 Å². The van der Waals surface area contributed by atoms with Crippen molar-refractivity contribution in [1.82, 2.24) is 9.55 Å². The molecule has 0 aliphatic carbocycles. The Labute approximate surface area is 157 Å². The summed E-state index contributed by atoms with van der Waals surface area (Å²) >= 11 is 3.19. The van der Waals surface area contributed by atoms with Crippen molar-refractivity contribution in [2.45, 2.75) is 33.2 Å². The molecule has 9 heteroatoms. The van der Waals surface area contributed by atoms with E-state index in [2.05, 4.69) is 20.9 Å². The molecule has 0 fully saturated rings. The van der Waals surface area contributed by atoms with E-state index in [1.165, 1.54) is 16.7 Å². The molecular formula is C17H20BrFN4O3. The highest BCUT2D eigenvalue weighted by atomic mass is 79.9. The molecule has 0 radical (unpaired) electrons. The van der Waals surface area contributed by atoms with Crippen molar-refractivity contribution in [3.05, 3.63) is 54.9 Å². The minimum Gasteiger partial charge on any atom is -0.383 e. The van der Waals surface area contributed by atoms with Gasteiger partial charge in [-0.25, -0.2) is 9.18 Å². The van der Waals surface area contributed by atoms with E-state index in [9.17, 15) is 18.8 Å². The van der Waals surface area contributed by atoms with Crippen LogP contribution in [0.25, 0.3) is 0 Å². The van der Waals surface area contributed by atoms with E-state index < -0.39 is 23.0 Å². The first-order valence-electron chi connectivity index (χ1n) is 8.21. The molecule has 0 unspecified atom stereocenters. The van der Waals surface area contributed by atoms with E-state index in [-0.39, 0.29) is 23.6 Å². The van der Waals surface area contributed by atoms with Crippen LogP contribution in [0.4, 0.5) is 15.9 Å². The molecule has 26 heavy (non-hydrogen) atoms. The van der Waals surface area contributed by atoms with Gasteiger partial charge in [0, 0.05) is 17.6 Å². The Hall–Kier alpha value is -2.42. The molecule has 0 saturated heterocycles. The molecule has 0 bridgehead atoms. The number of carbonyl (C=O) groups is 1. The third-order valence-corrected chi connectivity index (χ3v) is 4.43. The Morgan fingerprint density at radius 3 is 2.65 bits per heavy atom. The number of benzene rings is 1. The summed E-state index contributed by atoms with van der Waals surface area (Å²) in [6.45, 7) is 3.96. The lowest BCUT2D eigenvalue weighted by molar-refractivity contribution is 0.0984. The maximum atomic E-state index is 14.1. The van der Waals surface area contributed by atoms with Gasteiger partial charge < -0.3 is 10.6 Å². The van der Waals surface area contributed by atoms with Crippen molar-refractivity contribution in [3.8, 4) is 0 Å². The third kappa shape index (κ3) is 3.87. The van der Waals surface area contributed by atoms with Crippen LogP contribution < -0.4 is 21.9 Å². The maximum absolute atomic E-state index is 14.1. The zero-order valence-corrected chi connectivity index (χ0v) is 16.1. The fraction of sp³-hybridized carbons (Fsp3) is 0.353. The quantitative estimate of drug-likeness (QED) is 0.740. The molecule has 0 atom stereocenters. The summed E-state index contributed by atoms with van der Waals surface area (Å²) in [6, 6.07) is 3.95. The van der Waals surface area contributed by atoms with Crippen LogP contribution in [0.3, 0.4) is 0 Å². The fourth-order valence-corrected chi connectivity index (χ4v) is 2.95. The van der Waals surface area contributed by atoms with Gasteiger partial charge in [0.25, 0.3) is 11.5 Å². The Morgan fingerprint density at radius 2 is 2.04 bits per heavy atom. The number of hydrogen-bond acceptors (Lipinski definition) is 4. The van der Waals surface area contributed by atoms with Crippen molar-refractivity contribution in [1.29, 1.82) is 0 Å². The lowest BCUT2D eigenvalue weighted by Gasteiger charge is -2.23. The first kappa shape index (κ1) is 19.9. The number of H-pyrrole nitrogens is 1. The van der Waals surface area contributed by atoms with Crippen molar-refractivity contribution in [2.24, 2.45) is 0 Å². The van der Waals surface area contributed by atoms with Gasteiger partial charge in [0.05, 0.1) is 5.56 Å². The van der Waals surface area contributed by atoms with E-state index in [1.807, 2.05) is 6.92 Å². The molecule has 0 aliphatic rings. The zero-order valence-electron chi connectivity index (χ0n) is 14.5. The van der Waals surface area contributed by atoms with Gasteiger partial charge in [0.2, 0.25) is 0 Å². The molecule has 0 saturated carbocycles. The second-order valence-electron chi connectivity index (χ2n) is 5.67. The fourth-order valence-electron chi connectivity index (χ4n) is 2.59. The van der Waals surface area contributed by atoms with E-state index in [0.717, 1.165) is 17.4 Å². The van der Waals surface area contributed by atoms with Gasteiger partial charge in [-0.1, -0.05) is 29.3 Å². The van der Waals surface area contributed by atoms with E-state index in [1.54, 1.807) is 6.92 Å². The van der Waals surface area contributed by atoms with E-state index >= 15 is 0 Å². The molecular weight excluding hydrogens is 407 g/mol. The molecule has 2 rings (SSSR count). The minimum absolute atomic E-state index is 0.0735. The van der Waals surface area contributed by atoms with Gasteiger partial charge in [-0.2, -0.15) is 0 Å². The smallest absolute Gasteiger partial charge is 0.330 e. The lowest BCUT2D eigenvalue weighted by Crippen LogP contribution is -2.41. The number of nitrogen functional groups attached to an aromatic ring is 1. The number of aromatic nitrogens is 2. The second-order valence-corrected chi connectivity index (χ2v) is 6.59. The van der Waals surface area contributed by atoms with Gasteiger partial charge in [-0.05, 0) is 31.5 Å². The van der Waals surface area contributed by atoms with Gasteiger partial charge in [-0.15, -0.1) is 0 Å². The zero-order chi connectivity index (χ0) is 19.4. The number of rotatable bonds is 6. The molecule has 2 aromatic rings. The summed E-state index contributed by atoms with van der Waals surface area (Å²) in [5, 5.41) is 0. The van der Waals surface area contributed by atoms with Crippen LogP contribution in [0.1, 0.15) is 37.0 Å². The number of halogens is 2. The summed E-state index contributed by atoms with van der Waals surface area (Å²) in [6.07, 6.45) is 1.50. The SMILES string of the molecule is CCCCn1c(N)c(N(CC)C(=O)c2cc(Br)ccc2F)c(=O)[nH]c1=O. The number of carbonyl (C=O) groups excluding carboxylic acids is 1. The number of unbranched alkanes of at least 4 members (excludes halogenated alkanes) is 1. The topological polar surface area (TPSA) is 101 Å². The summed E-state index contributed by atoms with van der Waals surface area (Å²) in [4.78, 5) is 40.4. The first-order valence-corrected chi connectivity index (χ1v) is 9.00. The molecule has 7 nitrogen and oxygen atoms in total. The summed E-state index contributed by atoms with van der Waals surface area (Å²) in [5.41, 5.74) is 4.25. The van der Waals surface area contributed by atoms with Gasteiger partial charge in [-0.3, -0.25) is 19.1 Å². The number of nitrogens with zero attached hydrogens (tertiary/aromatic N) is 2. The van der Waals surface area contributed by atoms with Crippen LogP contribution in [0.2, 0.25) is 0 Å². The Kier molecular flexibility index (Phi) is 6.36. The van der Waals surface area contributed by atoms with Crippen LogP contribution in [-0.2, 0) is 6.54 Å². The Bertz CT molecular complexity index is 939. The van der Waals surface area contributed by atoms with Crippen molar-refractivity contribution < 1.29 is 9.18 Å². The molecule has 1 aromatic carbocycles. The number of anilines is 2. The van der Waals surface area contributed by atoms with Crippen LogP contribution in [-0.4, -0.2) is 22.0 Å². The Morgan fingerprint density at radius 1 is 1.35 bits per heavy atom. The van der Waals surface area contributed by atoms with Gasteiger partial charge in [0.15, 0.2) is 5.69 Å². The number of nitrogens with two attached hydrogens (primary N) is 1. The van der Waals surface area contributed by atoms with E-state index in [0.29, 0.717) is 17.4 Å². The summed E-state index contributed by atoms with van der Waals surface area (Å²) in [7, 11) is 0. The van der Waals surface area contributed by atoms with Crippen LogP contribution in [0.15, 0.2) is 32.3 Å². The average molecular weight is 427 g/mol. The Balaban J connectivity index is 2.60. The highest BCUT2D eigenvalue weighted by molar-refractivity contribution is 9.10. The number of amides is 1. The van der Waals surface area contributed by atoms with Gasteiger partial charge in [0.1, 0.15) is 11.6 Å². The van der Waals surface area contributed by atoms with Gasteiger partial charge >= 0.3 is 5.69 Å². The predicted octanol–water partition coefficient (Wildman–Crippen LogP) is 2.49. The number of hydrogen-bond donors (Lipinski definition) is 2. The molecule has 0 spiro atoms. The highest BCUT2D eigenvalue weighted by Gasteiger charge is 2.26. The number of aromatic amines is 1. The molecule has 140 valence electrons. The minimum atomic E-state index is -0.786. The molecule has 1 aromatic heterocycles. The van der Waals surface area contributed by atoms with Crippen molar-refractivity contribution in [2.75, 3.05) is 17.2 Å². The number of nitrogens with one attached hydrogen (secondary N) is 1. The average Bonchev–Trinajstić information content (AvgIpc) is 2.59. The molecule has 1 heterocycles. The summed E-state index contributed by atoms with van der Waals surface area (Å²) in [5.74, 6) is -1.55. The van der Waals surface area contributed by atoms with Crippen LogP contribution >= 0.6 is 15.9 Å². The largest absolute Gasteiger partial charge is 0.383 e. The lowest BCUT2D eigenvalue weighted by atomic mass is 10.1.